The number of rotatable bonds is 2. The Labute approximate surface area is 72.1 Å². The van der Waals surface area contributed by atoms with E-state index in [0.717, 1.165) is 5.56 Å². The fraction of sp³-hybridized carbons (Fsp3) is 0.200. The summed E-state index contributed by atoms with van der Waals surface area (Å²) in [6.07, 6.45) is 0. The first-order valence-electron chi connectivity index (χ1n) is 3.72. The Morgan fingerprint density at radius 3 is 2.75 bits per heavy atom. The van der Waals surface area contributed by atoms with Gasteiger partial charge in [-0.1, -0.05) is 12.6 Å². The molecule has 0 unspecified atom stereocenters. The van der Waals surface area contributed by atoms with Crippen LogP contribution in [0.25, 0.3) is 0 Å². The van der Waals surface area contributed by atoms with Crippen molar-refractivity contribution in [2.45, 2.75) is 13.8 Å². The zero-order valence-corrected chi connectivity index (χ0v) is 7.29. The molecule has 0 aliphatic rings. The summed E-state index contributed by atoms with van der Waals surface area (Å²) in [5.74, 6) is 1.48. The summed E-state index contributed by atoms with van der Waals surface area (Å²) >= 11 is 0. The molecule has 2 heteroatoms. The molecule has 0 fully saturated rings. The average Bonchev–Trinajstić information content (AvgIpc) is 1.96. The maximum absolute atomic E-state index is 9.14. The third-order valence-electron chi connectivity index (χ3n) is 1.46. The monoisotopic (exact) mass is 164 g/mol. The molecule has 1 N–H and O–H groups in total. The largest absolute Gasteiger partial charge is 0.508 e. The minimum Gasteiger partial charge on any atom is -0.508 e. The fourth-order valence-corrected chi connectivity index (χ4v) is 0.886. The van der Waals surface area contributed by atoms with Gasteiger partial charge in [-0.15, -0.1) is 0 Å². The van der Waals surface area contributed by atoms with E-state index in [0.29, 0.717) is 11.5 Å². The van der Waals surface area contributed by atoms with Crippen LogP contribution in [-0.4, -0.2) is 5.11 Å². The van der Waals surface area contributed by atoms with Gasteiger partial charge in [-0.25, -0.2) is 0 Å². The van der Waals surface area contributed by atoms with E-state index in [1.54, 1.807) is 25.1 Å². The zero-order chi connectivity index (χ0) is 9.14. The maximum Gasteiger partial charge on any atom is 0.133 e. The number of allylic oxidation sites excluding steroid dienone is 1. The molecule has 0 heterocycles. The van der Waals surface area contributed by atoms with Gasteiger partial charge in [0, 0.05) is 6.07 Å². The molecule has 12 heavy (non-hydrogen) atoms. The molecular formula is C10H12O2. The highest BCUT2D eigenvalue weighted by Crippen LogP contribution is 2.24. The van der Waals surface area contributed by atoms with Crippen molar-refractivity contribution in [1.29, 1.82) is 0 Å². The quantitative estimate of drug-likeness (QED) is 0.681. The Balaban J connectivity index is 2.97. The Hall–Kier alpha value is -1.44. The summed E-state index contributed by atoms with van der Waals surface area (Å²) in [6.45, 7) is 7.30. The Kier molecular flexibility index (Phi) is 2.38. The highest BCUT2D eigenvalue weighted by molar-refractivity contribution is 5.39. The lowest BCUT2D eigenvalue weighted by Crippen LogP contribution is -1.90. The van der Waals surface area contributed by atoms with E-state index < -0.39 is 0 Å². The van der Waals surface area contributed by atoms with Crippen LogP contribution in [0.5, 0.6) is 11.5 Å². The van der Waals surface area contributed by atoms with Crippen molar-refractivity contribution in [3.8, 4) is 11.5 Å². The van der Waals surface area contributed by atoms with Crippen LogP contribution < -0.4 is 4.74 Å². The second kappa shape index (κ2) is 3.30. The smallest absolute Gasteiger partial charge is 0.133 e. The van der Waals surface area contributed by atoms with Crippen LogP contribution in [-0.2, 0) is 0 Å². The van der Waals surface area contributed by atoms with Crippen molar-refractivity contribution in [3.05, 3.63) is 36.1 Å². The average molecular weight is 164 g/mol. The maximum atomic E-state index is 9.14. The Morgan fingerprint density at radius 2 is 2.17 bits per heavy atom. The summed E-state index contributed by atoms with van der Waals surface area (Å²) in [4.78, 5) is 0. The summed E-state index contributed by atoms with van der Waals surface area (Å²) in [7, 11) is 0. The van der Waals surface area contributed by atoms with Gasteiger partial charge < -0.3 is 9.84 Å². The van der Waals surface area contributed by atoms with Crippen molar-refractivity contribution in [2.75, 3.05) is 0 Å². The molecule has 1 aromatic rings. The van der Waals surface area contributed by atoms with E-state index in [9.17, 15) is 0 Å². The third-order valence-corrected chi connectivity index (χ3v) is 1.46. The van der Waals surface area contributed by atoms with Crippen LogP contribution >= 0.6 is 0 Å². The summed E-state index contributed by atoms with van der Waals surface area (Å²) in [6, 6.07) is 5.00. The molecule has 0 saturated heterocycles. The molecule has 64 valence electrons. The van der Waals surface area contributed by atoms with Gasteiger partial charge in [-0.05, 0) is 25.5 Å². The number of phenolic OH excluding ortho intramolecular Hbond substituents is 1. The SMILES string of the molecule is C=C(C)Oc1cc(O)ccc1C. The predicted octanol–water partition coefficient (Wildman–Crippen LogP) is 2.61. The van der Waals surface area contributed by atoms with Crippen LogP contribution in [0, 0.1) is 6.92 Å². The van der Waals surface area contributed by atoms with Crippen molar-refractivity contribution in [3.63, 3.8) is 0 Å². The number of aryl methyl sites for hydroxylation is 1. The molecule has 0 spiro atoms. The van der Waals surface area contributed by atoms with Crippen molar-refractivity contribution in [2.24, 2.45) is 0 Å². The molecule has 0 aromatic heterocycles. The number of hydrogen-bond donors (Lipinski definition) is 1. The second-order valence-electron chi connectivity index (χ2n) is 2.75. The molecule has 0 radical (unpaired) electrons. The van der Waals surface area contributed by atoms with Gasteiger partial charge in [0.15, 0.2) is 0 Å². The van der Waals surface area contributed by atoms with E-state index >= 15 is 0 Å². The number of phenols is 1. The lowest BCUT2D eigenvalue weighted by Gasteiger charge is -2.07. The standard InChI is InChI=1S/C10H12O2/c1-7(2)12-10-6-9(11)5-4-8(10)3/h4-6,11H,1H2,2-3H3. The lowest BCUT2D eigenvalue weighted by atomic mass is 10.2. The topological polar surface area (TPSA) is 29.5 Å². The van der Waals surface area contributed by atoms with Crippen LogP contribution in [0.15, 0.2) is 30.5 Å². The minimum absolute atomic E-state index is 0.205. The van der Waals surface area contributed by atoms with Gasteiger partial charge in [-0.2, -0.15) is 0 Å². The molecular weight excluding hydrogens is 152 g/mol. The lowest BCUT2D eigenvalue weighted by molar-refractivity contribution is 0.418. The zero-order valence-electron chi connectivity index (χ0n) is 7.29. The molecule has 0 saturated carbocycles. The van der Waals surface area contributed by atoms with Crippen LogP contribution in [0.3, 0.4) is 0 Å². The normalized spacial score (nSPS) is 9.50. The molecule has 0 aliphatic carbocycles. The van der Waals surface area contributed by atoms with Gasteiger partial charge in [-0.3, -0.25) is 0 Å². The van der Waals surface area contributed by atoms with Crippen LogP contribution in [0.4, 0.5) is 0 Å². The minimum atomic E-state index is 0.205. The van der Waals surface area contributed by atoms with Crippen molar-refractivity contribution < 1.29 is 9.84 Å². The van der Waals surface area contributed by atoms with E-state index in [1.807, 2.05) is 6.92 Å². The molecule has 0 atom stereocenters. The molecule has 2 nitrogen and oxygen atoms in total. The highest BCUT2D eigenvalue weighted by Gasteiger charge is 2.00. The number of hydrogen-bond acceptors (Lipinski definition) is 2. The van der Waals surface area contributed by atoms with Gasteiger partial charge in [0.1, 0.15) is 11.5 Å². The van der Waals surface area contributed by atoms with Gasteiger partial charge in [0.25, 0.3) is 0 Å². The van der Waals surface area contributed by atoms with Crippen LogP contribution in [0.2, 0.25) is 0 Å². The molecule has 0 amide bonds. The number of ether oxygens (including phenoxy) is 1. The first kappa shape index (κ1) is 8.65. The van der Waals surface area contributed by atoms with E-state index in [2.05, 4.69) is 6.58 Å². The highest BCUT2D eigenvalue weighted by atomic mass is 16.5. The first-order valence-corrected chi connectivity index (χ1v) is 3.72. The Bertz CT molecular complexity index is 303. The van der Waals surface area contributed by atoms with Gasteiger partial charge in [0.2, 0.25) is 0 Å². The first-order chi connectivity index (χ1) is 5.59. The van der Waals surface area contributed by atoms with E-state index in [4.69, 9.17) is 9.84 Å². The van der Waals surface area contributed by atoms with Gasteiger partial charge in [0.05, 0.1) is 5.76 Å². The second-order valence-corrected chi connectivity index (χ2v) is 2.75. The van der Waals surface area contributed by atoms with Crippen LogP contribution in [0.1, 0.15) is 12.5 Å². The van der Waals surface area contributed by atoms with Crippen molar-refractivity contribution >= 4 is 0 Å². The summed E-state index contributed by atoms with van der Waals surface area (Å²) in [5, 5.41) is 9.14. The third kappa shape index (κ3) is 2.02. The molecule has 0 aliphatic heterocycles. The van der Waals surface area contributed by atoms with Crippen molar-refractivity contribution in [1.82, 2.24) is 0 Å². The fourth-order valence-electron chi connectivity index (χ4n) is 0.886. The summed E-state index contributed by atoms with van der Waals surface area (Å²) in [5.41, 5.74) is 0.982. The van der Waals surface area contributed by atoms with E-state index in [1.165, 1.54) is 0 Å². The number of aromatic hydroxyl groups is 1. The van der Waals surface area contributed by atoms with Gasteiger partial charge >= 0.3 is 0 Å². The molecule has 1 rings (SSSR count). The molecule has 0 bridgehead atoms. The molecule has 1 aromatic carbocycles. The van der Waals surface area contributed by atoms with E-state index in [-0.39, 0.29) is 5.75 Å². The Morgan fingerprint density at radius 1 is 1.50 bits per heavy atom. The predicted molar refractivity (Wildman–Crippen MR) is 48.3 cm³/mol. The summed E-state index contributed by atoms with van der Waals surface area (Å²) < 4.78 is 5.27. The number of benzene rings is 1.